The molecule has 11 heteroatoms. The molecule has 4 aromatic rings. The fourth-order valence-corrected chi connectivity index (χ4v) is 4.34. The minimum atomic E-state index is -4.47. The number of hydrogen-bond donors (Lipinski definition) is 1. The van der Waals surface area contributed by atoms with Gasteiger partial charge in [0.2, 0.25) is 0 Å². The van der Waals surface area contributed by atoms with E-state index in [-0.39, 0.29) is 29.0 Å². The summed E-state index contributed by atoms with van der Waals surface area (Å²) in [5.41, 5.74) is 1.22. The van der Waals surface area contributed by atoms with Gasteiger partial charge in [0.25, 0.3) is 10.0 Å². The molecule has 0 amide bonds. The molecular formula is C24H21F3N4O3S. The third kappa shape index (κ3) is 5.46. The second-order valence-corrected chi connectivity index (χ2v) is 9.29. The van der Waals surface area contributed by atoms with Gasteiger partial charge in [0.05, 0.1) is 28.4 Å². The number of ether oxygens (including phenoxy) is 1. The van der Waals surface area contributed by atoms with E-state index in [0.29, 0.717) is 11.3 Å². The Balaban J connectivity index is 1.71. The molecule has 182 valence electrons. The first-order chi connectivity index (χ1) is 16.6. The molecule has 1 aromatic heterocycles. The van der Waals surface area contributed by atoms with E-state index in [1.54, 1.807) is 43.3 Å². The highest BCUT2D eigenvalue weighted by Crippen LogP contribution is 2.32. The van der Waals surface area contributed by atoms with Gasteiger partial charge in [0.15, 0.2) is 5.82 Å². The standard InChI is InChI=1S/C24H21F3N4O3S/c1-3-34-23-28-22(17-9-11-18(12-10-17)24(25,26)27)31(29-23)20-6-4-5-19(15-20)30-35(32,33)21-13-7-16(2)8-14-21/h4-15,30H,3H2,1-2H3. The minimum absolute atomic E-state index is 0.0352. The molecule has 1 N–H and O–H groups in total. The molecule has 0 spiro atoms. The van der Waals surface area contributed by atoms with Crippen LogP contribution in [0.25, 0.3) is 17.1 Å². The molecule has 0 saturated carbocycles. The molecule has 0 aliphatic rings. The van der Waals surface area contributed by atoms with Crippen molar-refractivity contribution in [2.75, 3.05) is 11.3 Å². The quantitative estimate of drug-likeness (QED) is 0.363. The Kier molecular flexibility index (Phi) is 6.53. The summed E-state index contributed by atoms with van der Waals surface area (Å²) in [6.07, 6.45) is -4.47. The van der Waals surface area contributed by atoms with Crippen LogP contribution in [0.2, 0.25) is 0 Å². The van der Waals surface area contributed by atoms with E-state index in [4.69, 9.17) is 4.74 Å². The van der Waals surface area contributed by atoms with E-state index >= 15 is 0 Å². The summed E-state index contributed by atoms with van der Waals surface area (Å²) < 4.78 is 73.8. The monoisotopic (exact) mass is 502 g/mol. The summed E-state index contributed by atoms with van der Waals surface area (Å²) in [6.45, 7) is 3.89. The average molecular weight is 503 g/mol. The van der Waals surface area contributed by atoms with Gasteiger partial charge >= 0.3 is 12.2 Å². The first-order valence-corrected chi connectivity index (χ1v) is 12.0. The van der Waals surface area contributed by atoms with Crippen LogP contribution in [0.4, 0.5) is 18.9 Å². The zero-order valence-electron chi connectivity index (χ0n) is 18.7. The van der Waals surface area contributed by atoms with E-state index in [2.05, 4.69) is 14.8 Å². The molecule has 35 heavy (non-hydrogen) atoms. The van der Waals surface area contributed by atoms with Gasteiger partial charge in [-0.15, -0.1) is 5.10 Å². The molecule has 0 aliphatic carbocycles. The first kappa shape index (κ1) is 24.3. The van der Waals surface area contributed by atoms with E-state index in [1.165, 1.54) is 28.9 Å². The van der Waals surface area contributed by atoms with Crippen molar-refractivity contribution in [3.05, 3.63) is 83.9 Å². The van der Waals surface area contributed by atoms with Crippen molar-refractivity contribution >= 4 is 15.7 Å². The average Bonchev–Trinajstić information content (AvgIpc) is 3.23. The first-order valence-electron chi connectivity index (χ1n) is 10.5. The Morgan fingerprint density at radius 1 is 1.00 bits per heavy atom. The Hall–Kier alpha value is -3.86. The number of hydrogen-bond acceptors (Lipinski definition) is 5. The molecule has 4 rings (SSSR count). The zero-order valence-corrected chi connectivity index (χ0v) is 19.6. The predicted molar refractivity (Wildman–Crippen MR) is 125 cm³/mol. The third-order valence-corrected chi connectivity index (χ3v) is 6.40. The fourth-order valence-electron chi connectivity index (χ4n) is 3.29. The van der Waals surface area contributed by atoms with Gasteiger partial charge in [0, 0.05) is 5.56 Å². The van der Waals surface area contributed by atoms with E-state index in [9.17, 15) is 21.6 Å². The number of nitrogens with one attached hydrogen (secondary N) is 1. The SMILES string of the molecule is CCOc1nc(-c2ccc(C(F)(F)F)cc2)n(-c2cccc(NS(=O)(=O)c3ccc(C)cc3)c2)n1. The van der Waals surface area contributed by atoms with Crippen LogP contribution in [0.3, 0.4) is 0 Å². The van der Waals surface area contributed by atoms with Gasteiger partial charge < -0.3 is 4.74 Å². The van der Waals surface area contributed by atoms with Gasteiger partial charge in [-0.2, -0.15) is 18.2 Å². The maximum Gasteiger partial charge on any atom is 0.416 e. The summed E-state index contributed by atoms with van der Waals surface area (Å²) in [6, 6.07) is 17.4. The predicted octanol–water partition coefficient (Wildman–Crippen LogP) is 5.46. The molecule has 3 aromatic carbocycles. The van der Waals surface area contributed by atoms with Gasteiger partial charge in [-0.05, 0) is 56.3 Å². The van der Waals surface area contributed by atoms with Crippen molar-refractivity contribution in [1.82, 2.24) is 14.8 Å². The Morgan fingerprint density at radius 3 is 2.31 bits per heavy atom. The third-order valence-electron chi connectivity index (χ3n) is 5.01. The number of halogens is 3. The van der Waals surface area contributed by atoms with Crippen LogP contribution < -0.4 is 9.46 Å². The van der Waals surface area contributed by atoms with Crippen molar-refractivity contribution in [1.29, 1.82) is 0 Å². The number of aryl methyl sites for hydroxylation is 1. The fraction of sp³-hybridized carbons (Fsp3) is 0.167. The summed E-state index contributed by atoms with van der Waals surface area (Å²) in [5, 5.41) is 4.31. The van der Waals surface area contributed by atoms with Crippen molar-refractivity contribution in [2.24, 2.45) is 0 Å². The van der Waals surface area contributed by atoms with E-state index < -0.39 is 21.8 Å². The van der Waals surface area contributed by atoms with E-state index in [0.717, 1.165) is 17.7 Å². The van der Waals surface area contributed by atoms with Crippen LogP contribution in [-0.2, 0) is 16.2 Å². The number of alkyl halides is 3. The van der Waals surface area contributed by atoms with Gasteiger partial charge in [0.1, 0.15) is 0 Å². The van der Waals surface area contributed by atoms with Gasteiger partial charge in [-0.1, -0.05) is 35.9 Å². The van der Waals surface area contributed by atoms with Crippen molar-refractivity contribution in [3.8, 4) is 23.1 Å². The molecule has 0 atom stereocenters. The second-order valence-electron chi connectivity index (χ2n) is 7.61. The second kappa shape index (κ2) is 9.41. The van der Waals surface area contributed by atoms with E-state index in [1.807, 2.05) is 6.92 Å². The maximum absolute atomic E-state index is 13.0. The molecule has 0 bridgehead atoms. The lowest BCUT2D eigenvalue weighted by atomic mass is 10.1. The largest absolute Gasteiger partial charge is 0.463 e. The number of aromatic nitrogens is 3. The number of rotatable bonds is 7. The molecule has 0 fully saturated rings. The molecule has 0 radical (unpaired) electrons. The molecule has 1 heterocycles. The Bertz CT molecular complexity index is 1430. The summed E-state index contributed by atoms with van der Waals surface area (Å²) in [5.74, 6) is 0.237. The zero-order chi connectivity index (χ0) is 25.2. The molecule has 0 unspecified atom stereocenters. The smallest absolute Gasteiger partial charge is 0.416 e. The Labute approximate surface area is 200 Å². The number of anilines is 1. The van der Waals surface area contributed by atoms with Crippen LogP contribution in [-0.4, -0.2) is 29.8 Å². The summed E-state index contributed by atoms with van der Waals surface area (Å²) >= 11 is 0. The van der Waals surface area contributed by atoms with Crippen LogP contribution in [0, 0.1) is 6.92 Å². The minimum Gasteiger partial charge on any atom is -0.463 e. The van der Waals surface area contributed by atoms with Crippen molar-refractivity contribution < 1.29 is 26.3 Å². The number of nitrogens with zero attached hydrogens (tertiary/aromatic N) is 3. The molecule has 7 nitrogen and oxygen atoms in total. The van der Waals surface area contributed by atoms with Crippen molar-refractivity contribution in [3.63, 3.8) is 0 Å². The van der Waals surface area contributed by atoms with Crippen LogP contribution in [0.5, 0.6) is 6.01 Å². The summed E-state index contributed by atoms with van der Waals surface area (Å²) in [4.78, 5) is 4.42. The van der Waals surface area contributed by atoms with Crippen LogP contribution in [0.1, 0.15) is 18.1 Å². The number of sulfonamides is 1. The summed E-state index contributed by atoms with van der Waals surface area (Å²) in [7, 11) is -3.84. The lowest BCUT2D eigenvalue weighted by Crippen LogP contribution is -2.13. The topological polar surface area (TPSA) is 86.1 Å². The lowest BCUT2D eigenvalue weighted by molar-refractivity contribution is -0.137. The van der Waals surface area contributed by atoms with Gasteiger partial charge in [-0.3, -0.25) is 4.72 Å². The highest BCUT2D eigenvalue weighted by atomic mass is 32.2. The molecule has 0 aliphatic heterocycles. The highest BCUT2D eigenvalue weighted by molar-refractivity contribution is 7.92. The lowest BCUT2D eigenvalue weighted by Gasteiger charge is -2.11. The maximum atomic E-state index is 13.0. The highest BCUT2D eigenvalue weighted by Gasteiger charge is 2.30. The molecular weight excluding hydrogens is 481 g/mol. The normalized spacial score (nSPS) is 11.9. The van der Waals surface area contributed by atoms with Crippen LogP contribution >= 0.6 is 0 Å². The van der Waals surface area contributed by atoms with Crippen LogP contribution in [0.15, 0.2) is 77.7 Å². The Morgan fingerprint density at radius 2 is 1.69 bits per heavy atom. The van der Waals surface area contributed by atoms with Crippen molar-refractivity contribution in [2.45, 2.75) is 24.9 Å². The number of benzene rings is 3. The molecule has 0 saturated heterocycles. The van der Waals surface area contributed by atoms with Gasteiger partial charge in [-0.25, -0.2) is 13.1 Å².